The van der Waals surface area contributed by atoms with Gasteiger partial charge in [0.15, 0.2) is 11.6 Å². The second-order valence-electron chi connectivity index (χ2n) is 11.8. The zero-order valence-corrected chi connectivity index (χ0v) is 21.6. The maximum absolute atomic E-state index is 15.8. The van der Waals surface area contributed by atoms with Crippen LogP contribution in [0.2, 0.25) is 0 Å². The molecule has 2 aliphatic carbocycles. The lowest BCUT2D eigenvalue weighted by molar-refractivity contribution is -0.653. The highest BCUT2D eigenvalue weighted by molar-refractivity contribution is 5.97. The van der Waals surface area contributed by atoms with Crippen LogP contribution in [-0.2, 0) is 4.74 Å². The number of nitrogens with two attached hydrogens (primary N) is 1. The molecule has 2 unspecified atom stereocenters. The lowest BCUT2D eigenvalue weighted by Gasteiger charge is -2.28. The summed E-state index contributed by atoms with van der Waals surface area (Å²) in [7, 11) is 1.34. The summed E-state index contributed by atoms with van der Waals surface area (Å²) in [6, 6.07) is 0.341. The van der Waals surface area contributed by atoms with Crippen molar-refractivity contribution in [2.45, 2.75) is 70.3 Å². The van der Waals surface area contributed by atoms with Gasteiger partial charge < -0.3 is 24.0 Å². The SMILES string of the molecule is COc1c(N2CC3(CC3)C(C)([NH2+]C(=O)OC(C)(C)C)C2)c(F)cc2c(=O)c(C(=O)O)cn(C3C[C@@H]3F)c12. The molecule has 2 heterocycles. The fourth-order valence-electron chi connectivity index (χ4n) is 5.78. The third kappa shape index (κ3) is 4.13. The number of ether oxygens (including phenoxy) is 2. The predicted octanol–water partition coefficient (Wildman–Crippen LogP) is 2.99. The van der Waals surface area contributed by atoms with Gasteiger partial charge in [0.1, 0.15) is 28.6 Å². The first-order valence-electron chi connectivity index (χ1n) is 12.4. The van der Waals surface area contributed by atoms with E-state index < -0.39 is 52.2 Å². The fourth-order valence-corrected chi connectivity index (χ4v) is 5.78. The quantitative estimate of drug-likeness (QED) is 0.623. The minimum atomic E-state index is -1.47. The highest BCUT2D eigenvalue weighted by Crippen LogP contribution is 2.58. The van der Waals surface area contributed by atoms with Crippen molar-refractivity contribution in [2.75, 3.05) is 25.1 Å². The Hall–Kier alpha value is -3.21. The Balaban J connectivity index is 1.62. The number of halogens is 2. The molecule has 9 nitrogen and oxygen atoms in total. The lowest BCUT2D eigenvalue weighted by Crippen LogP contribution is -3.01. The molecule has 1 saturated heterocycles. The van der Waals surface area contributed by atoms with E-state index in [1.165, 1.54) is 11.7 Å². The van der Waals surface area contributed by atoms with Gasteiger partial charge in [-0.05, 0) is 46.6 Å². The van der Waals surface area contributed by atoms with Gasteiger partial charge in [0.2, 0.25) is 5.43 Å². The van der Waals surface area contributed by atoms with E-state index in [1.54, 1.807) is 31.0 Å². The van der Waals surface area contributed by atoms with Crippen LogP contribution < -0.4 is 20.4 Å². The Morgan fingerprint density at radius 3 is 2.41 bits per heavy atom. The van der Waals surface area contributed by atoms with Crippen molar-refractivity contribution in [3.05, 3.63) is 33.9 Å². The first-order chi connectivity index (χ1) is 17.2. The molecule has 1 aromatic heterocycles. The maximum atomic E-state index is 15.8. The summed E-state index contributed by atoms with van der Waals surface area (Å²) in [6.45, 7) is 8.10. The summed E-state index contributed by atoms with van der Waals surface area (Å²) in [5.74, 6) is -2.18. The third-order valence-corrected chi connectivity index (χ3v) is 7.91. The zero-order valence-electron chi connectivity index (χ0n) is 21.6. The van der Waals surface area contributed by atoms with E-state index in [2.05, 4.69) is 0 Å². The molecule has 3 N–H and O–H groups in total. The number of carboxylic acids is 1. The van der Waals surface area contributed by atoms with E-state index in [9.17, 15) is 23.9 Å². The van der Waals surface area contributed by atoms with Crippen LogP contribution in [0.3, 0.4) is 0 Å². The number of hydrogen-bond acceptors (Lipinski definition) is 6. The molecular weight excluding hydrogens is 488 g/mol. The summed E-state index contributed by atoms with van der Waals surface area (Å²) in [4.78, 5) is 39.2. The molecular formula is C26H32F2N3O6+. The van der Waals surface area contributed by atoms with Crippen LogP contribution in [0.4, 0.5) is 19.3 Å². The van der Waals surface area contributed by atoms with Crippen molar-refractivity contribution in [2.24, 2.45) is 5.41 Å². The van der Waals surface area contributed by atoms with Crippen molar-refractivity contribution in [1.82, 2.24) is 4.57 Å². The number of quaternary nitrogens is 1. The van der Waals surface area contributed by atoms with E-state index >= 15 is 4.39 Å². The predicted molar refractivity (Wildman–Crippen MR) is 131 cm³/mol. The smallest absolute Gasteiger partial charge is 0.492 e. The van der Waals surface area contributed by atoms with Gasteiger partial charge in [-0.3, -0.25) is 4.79 Å². The van der Waals surface area contributed by atoms with E-state index in [1.807, 2.05) is 6.92 Å². The van der Waals surface area contributed by atoms with Crippen molar-refractivity contribution >= 4 is 28.7 Å². The molecule has 200 valence electrons. The summed E-state index contributed by atoms with van der Waals surface area (Å²) in [6.07, 6.45) is 1.34. The molecule has 1 aromatic carbocycles. The number of hydrogen-bond donors (Lipinski definition) is 2. The molecule has 5 rings (SSSR count). The number of carboxylic acid groups (broad SMARTS) is 1. The van der Waals surface area contributed by atoms with E-state index in [0.717, 1.165) is 25.1 Å². The van der Waals surface area contributed by atoms with Crippen molar-refractivity contribution < 1.29 is 38.3 Å². The zero-order chi connectivity index (χ0) is 27.1. The van der Waals surface area contributed by atoms with Crippen molar-refractivity contribution in [3.63, 3.8) is 0 Å². The Bertz CT molecular complexity index is 1380. The van der Waals surface area contributed by atoms with Crippen LogP contribution in [0.1, 0.15) is 63.4 Å². The molecule has 1 spiro atoms. The summed E-state index contributed by atoms with van der Waals surface area (Å²) in [5, 5.41) is 10.9. The number of carbonyl (C=O) groups is 2. The molecule has 2 saturated carbocycles. The molecule has 3 aliphatic rings. The highest BCUT2D eigenvalue weighted by Gasteiger charge is 2.66. The molecule has 3 fully saturated rings. The van der Waals surface area contributed by atoms with Crippen LogP contribution in [0.15, 0.2) is 17.1 Å². The maximum Gasteiger partial charge on any atom is 0.513 e. The fraction of sp³-hybridized carbons (Fsp3) is 0.577. The summed E-state index contributed by atoms with van der Waals surface area (Å²) < 4.78 is 42.5. The summed E-state index contributed by atoms with van der Waals surface area (Å²) in [5.41, 5.74) is -2.65. The standard InChI is InChI=1S/C26H31F2N3O6/c1-24(2,3)37-23(35)29-25(4)11-30(12-26(25)6-7-26)19-16(28)8-13-18(21(19)36-5)31(17-9-15(17)27)10-14(20(13)32)22(33)34/h8,10,15,17H,6-7,9,11-12H2,1-5H3,(H,29,35)(H,33,34)/p+1/t15-,17?,25?/m0/s1. The lowest BCUT2D eigenvalue weighted by atomic mass is 9.86. The van der Waals surface area contributed by atoms with Crippen molar-refractivity contribution in [1.29, 1.82) is 0 Å². The minimum absolute atomic E-state index is 0.0421. The molecule has 0 bridgehead atoms. The minimum Gasteiger partial charge on any atom is -0.492 e. The average molecular weight is 521 g/mol. The number of methoxy groups -OCH3 is 1. The number of anilines is 1. The number of alkyl halides is 1. The van der Waals surface area contributed by atoms with Gasteiger partial charge in [-0.25, -0.2) is 18.9 Å². The number of rotatable bonds is 5. The van der Waals surface area contributed by atoms with Gasteiger partial charge >= 0.3 is 12.1 Å². The van der Waals surface area contributed by atoms with Gasteiger partial charge in [0.05, 0.1) is 30.6 Å². The third-order valence-electron chi connectivity index (χ3n) is 7.91. The largest absolute Gasteiger partial charge is 0.513 e. The van der Waals surface area contributed by atoms with E-state index in [0.29, 0.717) is 13.1 Å². The number of benzene rings is 1. The topological polar surface area (TPSA) is 115 Å². The van der Waals surface area contributed by atoms with Gasteiger partial charge in [-0.2, -0.15) is 4.79 Å². The van der Waals surface area contributed by atoms with Crippen molar-refractivity contribution in [3.8, 4) is 5.75 Å². The van der Waals surface area contributed by atoms with Gasteiger partial charge in [0.25, 0.3) is 0 Å². The second-order valence-corrected chi connectivity index (χ2v) is 11.8. The molecule has 1 aliphatic heterocycles. The van der Waals surface area contributed by atoms with E-state index in [-0.39, 0.29) is 34.2 Å². The number of amides is 1. The molecule has 3 atom stereocenters. The number of aromatic nitrogens is 1. The first-order valence-corrected chi connectivity index (χ1v) is 12.4. The molecule has 11 heteroatoms. The Kier molecular flexibility index (Phi) is 5.60. The monoisotopic (exact) mass is 520 g/mol. The van der Waals surface area contributed by atoms with Gasteiger partial charge in [0, 0.05) is 24.6 Å². The Labute approximate surface area is 212 Å². The Morgan fingerprint density at radius 2 is 1.89 bits per heavy atom. The highest BCUT2D eigenvalue weighted by atomic mass is 19.1. The molecule has 37 heavy (non-hydrogen) atoms. The molecule has 1 amide bonds. The van der Waals surface area contributed by atoms with Crippen LogP contribution >= 0.6 is 0 Å². The number of pyridine rings is 1. The van der Waals surface area contributed by atoms with Gasteiger partial charge in [-0.1, -0.05) is 0 Å². The number of fused-ring (bicyclic) bond motifs is 1. The normalized spacial score (nSPS) is 26.0. The van der Waals surface area contributed by atoms with Crippen LogP contribution in [-0.4, -0.2) is 59.2 Å². The first kappa shape index (κ1) is 25.4. The Morgan fingerprint density at radius 1 is 1.24 bits per heavy atom. The number of aromatic carboxylic acids is 1. The average Bonchev–Trinajstić information content (AvgIpc) is 3.67. The second kappa shape index (κ2) is 8.14. The van der Waals surface area contributed by atoms with Crippen LogP contribution in [0, 0.1) is 11.2 Å². The van der Waals surface area contributed by atoms with Crippen LogP contribution in [0.5, 0.6) is 5.75 Å². The van der Waals surface area contributed by atoms with Crippen LogP contribution in [0.25, 0.3) is 10.9 Å². The number of carbonyl (C=O) groups excluding carboxylic acids is 1. The number of primary amides is 1. The summed E-state index contributed by atoms with van der Waals surface area (Å²) >= 11 is 0. The molecule has 0 radical (unpaired) electrons. The van der Waals surface area contributed by atoms with Gasteiger partial charge in [-0.15, -0.1) is 0 Å². The van der Waals surface area contributed by atoms with E-state index in [4.69, 9.17) is 9.47 Å². The molecule has 2 aromatic rings. The number of nitrogens with zero attached hydrogens (tertiary/aromatic N) is 2.